The van der Waals surface area contributed by atoms with Gasteiger partial charge in [0.15, 0.2) is 0 Å². The second-order valence-corrected chi connectivity index (χ2v) is 5.97. The average Bonchev–Trinajstić information content (AvgIpc) is 2.76. The molecule has 1 aliphatic carbocycles. The number of carbonyl (C=O) groups is 2. The molecule has 1 aromatic carbocycles. The maximum absolute atomic E-state index is 12.0. The Morgan fingerprint density at radius 3 is 2.20 bits per heavy atom. The van der Waals surface area contributed by atoms with Crippen LogP contribution in [0.15, 0.2) is 18.2 Å². The van der Waals surface area contributed by atoms with E-state index in [1.807, 2.05) is 0 Å². The molecule has 0 saturated heterocycles. The molecule has 20 heavy (non-hydrogen) atoms. The Labute approximate surface area is 127 Å². The third-order valence-electron chi connectivity index (χ3n) is 3.53. The molecule has 0 atom stereocenters. The van der Waals surface area contributed by atoms with Gasteiger partial charge in [-0.2, -0.15) is 0 Å². The zero-order valence-electron chi connectivity index (χ0n) is 10.8. The number of aliphatic carboxylic acids is 1. The number of hydrogen-bond donors (Lipinski definition) is 2. The van der Waals surface area contributed by atoms with Gasteiger partial charge < -0.3 is 10.4 Å². The Morgan fingerprint density at radius 2 is 1.70 bits per heavy atom. The van der Waals surface area contributed by atoms with Crippen molar-refractivity contribution in [3.8, 4) is 0 Å². The van der Waals surface area contributed by atoms with E-state index in [-0.39, 0.29) is 12.3 Å². The number of rotatable bonds is 4. The smallest absolute Gasteiger partial charge is 0.329 e. The first-order chi connectivity index (χ1) is 9.41. The van der Waals surface area contributed by atoms with Crippen molar-refractivity contribution in [3.63, 3.8) is 0 Å². The van der Waals surface area contributed by atoms with Crippen molar-refractivity contribution in [2.24, 2.45) is 0 Å². The molecular weight excluding hydrogens is 301 g/mol. The summed E-state index contributed by atoms with van der Waals surface area (Å²) in [7, 11) is 0. The fraction of sp³-hybridized carbons (Fsp3) is 0.429. The molecule has 1 fully saturated rings. The summed E-state index contributed by atoms with van der Waals surface area (Å²) in [4.78, 5) is 23.4. The summed E-state index contributed by atoms with van der Waals surface area (Å²) in [6, 6.07) is 4.88. The van der Waals surface area contributed by atoms with Gasteiger partial charge in [-0.15, -0.1) is 0 Å². The van der Waals surface area contributed by atoms with E-state index in [9.17, 15) is 14.7 Å². The Kier molecular flexibility index (Phi) is 4.55. The number of amides is 1. The van der Waals surface area contributed by atoms with Gasteiger partial charge in [0.2, 0.25) is 5.91 Å². The Balaban J connectivity index is 2.06. The van der Waals surface area contributed by atoms with Gasteiger partial charge in [-0.3, -0.25) is 4.79 Å². The minimum absolute atomic E-state index is 0.0648. The molecule has 0 heterocycles. The SMILES string of the molecule is O=C(Cc1cc(Cl)cc(Cl)c1)NC1(C(=O)O)CCCC1. The highest BCUT2D eigenvalue weighted by Crippen LogP contribution is 2.30. The van der Waals surface area contributed by atoms with E-state index in [4.69, 9.17) is 23.2 Å². The van der Waals surface area contributed by atoms with Crippen LogP contribution in [-0.4, -0.2) is 22.5 Å². The zero-order chi connectivity index (χ0) is 14.8. The molecule has 1 amide bonds. The standard InChI is InChI=1S/C14H15Cl2NO3/c15-10-5-9(6-11(16)8-10)7-12(18)17-14(13(19)20)3-1-2-4-14/h5-6,8H,1-4,7H2,(H,17,18)(H,19,20). The van der Waals surface area contributed by atoms with Gasteiger partial charge in [0.05, 0.1) is 6.42 Å². The summed E-state index contributed by atoms with van der Waals surface area (Å²) >= 11 is 11.7. The maximum atomic E-state index is 12.0. The lowest BCUT2D eigenvalue weighted by Crippen LogP contribution is -2.52. The highest BCUT2D eigenvalue weighted by molar-refractivity contribution is 6.34. The van der Waals surface area contributed by atoms with Crippen molar-refractivity contribution in [2.45, 2.75) is 37.6 Å². The number of carboxylic acid groups (broad SMARTS) is 1. The predicted octanol–water partition coefficient (Wildman–Crippen LogP) is 3.05. The molecule has 2 rings (SSSR count). The van der Waals surface area contributed by atoms with Gasteiger partial charge in [0, 0.05) is 10.0 Å². The molecule has 0 aromatic heterocycles. The van der Waals surface area contributed by atoms with Crippen LogP contribution in [0.3, 0.4) is 0 Å². The summed E-state index contributed by atoms with van der Waals surface area (Å²) in [5, 5.41) is 12.9. The summed E-state index contributed by atoms with van der Waals surface area (Å²) in [6.45, 7) is 0. The molecule has 1 saturated carbocycles. The van der Waals surface area contributed by atoms with Crippen LogP contribution < -0.4 is 5.32 Å². The quantitative estimate of drug-likeness (QED) is 0.897. The first-order valence-electron chi connectivity index (χ1n) is 6.41. The number of hydrogen-bond acceptors (Lipinski definition) is 2. The van der Waals surface area contributed by atoms with Crippen LogP contribution in [0, 0.1) is 0 Å². The zero-order valence-corrected chi connectivity index (χ0v) is 12.3. The van der Waals surface area contributed by atoms with Crippen LogP contribution in [-0.2, 0) is 16.0 Å². The molecule has 2 N–H and O–H groups in total. The maximum Gasteiger partial charge on any atom is 0.329 e. The van der Waals surface area contributed by atoms with Gasteiger partial charge in [-0.25, -0.2) is 4.79 Å². The van der Waals surface area contributed by atoms with Crippen LogP contribution in [0.4, 0.5) is 0 Å². The first-order valence-corrected chi connectivity index (χ1v) is 7.16. The number of carbonyl (C=O) groups excluding carboxylic acids is 1. The van der Waals surface area contributed by atoms with Crippen LogP contribution in [0.1, 0.15) is 31.2 Å². The Bertz CT molecular complexity index is 519. The van der Waals surface area contributed by atoms with E-state index >= 15 is 0 Å². The molecule has 0 radical (unpaired) electrons. The molecule has 1 aromatic rings. The second kappa shape index (κ2) is 6.02. The van der Waals surface area contributed by atoms with Gasteiger partial charge in [-0.05, 0) is 36.6 Å². The Morgan fingerprint density at radius 1 is 1.15 bits per heavy atom. The summed E-state index contributed by atoms with van der Waals surface area (Å²) in [6.07, 6.45) is 2.65. The minimum atomic E-state index is -1.11. The molecular formula is C14H15Cl2NO3. The molecule has 0 spiro atoms. The third kappa shape index (κ3) is 3.44. The van der Waals surface area contributed by atoms with Crippen LogP contribution in [0.2, 0.25) is 10.0 Å². The van der Waals surface area contributed by atoms with Crippen molar-refractivity contribution in [1.29, 1.82) is 0 Å². The first kappa shape index (κ1) is 15.1. The number of benzene rings is 1. The lowest BCUT2D eigenvalue weighted by atomic mass is 9.97. The fourth-order valence-corrected chi connectivity index (χ4v) is 3.15. The normalized spacial score (nSPS) is 16.9. The lowest BCUT2D eigenvalue weighted by molar-refractivity contribution is -0.147. The summed E-state index contributed by atoms with van der Waals surface area (Å²) in [5.74, 6) is -1.29. The van der Waals surface area contributed by atoms with Gasteiger partial charge in [0.25, 0.3) is 0 Å². The number of nitrogens with one attached hydrogen (secondary N) is 1. The van der Waals surface area contributed by atoms with Crippen LogP contribution >= 0.6 is 23.2 Å². The van der Waals surface area contributed by atoms with E-state index in [0.29, 0.717) is 28.5 Å². The summed E-state index contributed by atoms with van der Waals surface area (Å²) < 4.78 is 0. The molecule has 4 nitrogen and oxygen atoms in total. The third-order valence-corrected chi connectivity index (χ3v) is 3.97. The van der Waals surface area contributed by atoms with Crippen LogP contribution in [0.25, 0.3) is 0 Å². The van der Waals surface area contributed by atoms with E-state index in [1.165, 1.54) is 0 Å². The van der Waals surface area contributed by atoms with Gasteiger partial charge in [0.1, 0.15) is 5.54 Å². The van der Waals surface area contributed by atoms with Crippen LogP contribution in [0.5, 0.6) is 0 Å². The van der Waals surface area contributed by atoms with E-state index in [1.54, 1.807) is 18.2 Å². The van der Waals surface area contributed by atoms with Crippen molar-refractivity contribution < 1.29 is 14.7 Å². The Hall–Kier alpha value is -1.26. The molecule has 1 aliphatic rings. The van der Waals surface area contributed by atoms with E-state index in [0.717, 1.165) is 12.8 Å². The van der Waals surface area contributed by atoms with E-state index < -0.39 is 11.5 Å². The molecule has 6 heteroatoms. The molecule has 0 unspecified atom stereocenters. The monoisotopic (exact) mass is 315 g/mol. The largest absolute Gasteiger partial charge is 0.480 e. The van der Waals surface area contributed by atoms with Gasteiger partial charge >= 0.3 is 5.97 Å². The highest BCUT2D eigenvalue weighted by Gasteiger charge is 2.42. The topological polar surface area (TPSA) is 66.4 Å². The minimum Gasteiger partial charge on any atom is -0.480 e. The van der Waals surface area contributed by atoms with E-state index in [2.05, 4.69) is 5.32 Å². The van der Waals surface area contributed by atoms with Crippen molar-refractivity contribution >= 4 is 35.1 Å². The predicted molar refractivity (Wildman–Crippen MR) is 77.1 cm³/mol. The molecule has 108 valence electrons. The fourth-order valence-electron chi connectivity index (χ4n) is 2.58. The van der Waals surface area contributed by atoms with Crippen molar-refractivity contribution in [2.75, 3.05) is 0 Å². The average molecular weight is 316 g/mol. The molecule has 0 aliphatic heterocycles. The number of carboxylic acids is 1. The van der Waals surface area contributed by atoms with Crippen molar-refractivity contribution in [3.05, 3.63) is 33.8 Å². The lowest BCUT2D eigenvalue weighted by Gasteiger charge is -2.25. The highest BCUT2D eigenvalue weighted by atomic mass is 35.5. The summed E-state index contributed by atoms with van der Waals surface area (Å²) in [5.41, 5.74) is -0.446. The number of halogens is 2. The molecule has 0 bridgehead atoms. The van der Waals surface area contributed by atoms with Crippen molar-refractivity contribution in [1.82, 2.24) is 5.32 Å². The van der Waals surface area contributed by atoms with Gasteiger partial charge in [-0.1, -0.05) is 36.0 Å². The second-order valence-electron chi connectivity index (χ2n) is 5.10.